The van der Waals surface area contributed by atoms with Crippen molar-refractivity contribution in [3.05, 3.63) is 53.0 Å². The minimum atomic E-state index is -0.421. The number of carbonyl (C=O) groups excluding carboxylic acids is 2. The third-order valence-corrected chi connectivity index (χ3v) is 5.17. The molecule has 0 radical (unpaired) electrons. The largest absolute Gasteiger partial charge is 0.455 e. The molecule has 0 fully saturated rings. The summed E-state index contributed by atoms with van der Waals surface area (Å²) >= 11 is 6.35. The number of nitrogens with one attached hydrogen (secondary N) is 1. The van der Waals surface area contributed by atoms with Crippen molar-refractivity contribution >= 4 is 57.0 Å². The van der Waals surface area contributed by atoms with Gasteiger partial charge in [-0.05, 0) is 54.8 Å². The zero-order chi connectivity index (χ0) is 17.4. The molecule has 126 valence electrons. The fourth-order valence-corrected chi connectivity index (χ4v) is 3.10. The minimum Gasteiger partial charge on any atom is -0.455 e. The first-order chi connectivity index (χ1) is 11.6. The second kappa shape index (κ2) is 9.76. The lowest BCUT2D eigenvalue weighted by Crippen LogP contribution is -2.21. The van der Waals surface area contributed by atoms with Crippen LogP contribution in [0, 0.1) is 0 Å². The average Bonchev–Trinajstić information content (AvgIpc) is 2.60. The molecule has 4 nitrogen and oxygen atoms in total. The Morgan fingerprint density at radius 3 is 2.29 bits per heavy atom. The molecule has 0 atom stereocenters. The van der Waals surface area contributed by atoms with Gasteiger partial charge in [0.05, 0.1) is 5.75 Å². The molecule has 0 heterocycles. The summed E-state index contributed by atoms with van der Waals surface area (Å²) in [5, 5.41) is 2.69. The number of esters is 1. The van der Waals surface area contributed by atoms with E-state index in [9.17, 15) is 9.59 Å². The highest BCUT2D eigenvalue weighted by atomic mass is 79.9. The van der Waals surface area contributed by atoms with Gasteiger partial charge < -0.3 is 10.1 Å². The van der Waals surface area contributed by atoms with Crippen LogP contribution in [-0.2, 0) is 14.3 Å². The predicted octanol–water partition coefficient (Wildman–Crippen LogP) is 4.45. The van der Waals surface area contributed by atoms with Crippen molar-refractivity contribution in [1.82, 2.24) is 0 Å². The molecule has 1 N–H and O–H groups in total. The van der Waals surface area contributed by atoms with Gasteiger partial charge in [-0.25, -0.2) is 0 Å². The van der Waals surface area contributed by atoms with Crippen LogP contribution in [0.1, 0.15) is 0 Å². The molecule has 2 aromatic rings. The SMILES string of the molecule is CSc1ccc(NC(=O)COC(=O)CSc2ccc(Br)cc2)cc1. The number of thioether (sulfide) groups is 2. The number of benzene rings is 2. The van der Waals surface area contributed by atoms with Crippen LogP contribution >= 0.6 is 39.5 Å². The van der Waals surface area contributed by atoms with E-state index in [4.69, 9.17) is 4.74 Å². The van der Waals surface area contributed by atoms with Crippen molar-refractivity contribution in [2.75, 3.05) is 23.9 Å². The highest BCUT2D eigenvalue weighted by Crippen LogP contribution is 2.20. The summed E-state index contributed by atoms with van der Waals surface area (Å²) in [6.07, 6.45) is 1.99. The first-order valence-electron chi connectivity index (χ1n) is 7.05. The number of hydrogen-bond acceptors (Lipinski definition) is 5. The van der Waals surface area contributed by atoms with Crippen LogP contribution in [0.4, 0.5) is 5.69 Å². The summed E-state index contributed by atoms with van der Waals surface area (Å²) in [4.78, 5) is 25.5. The third-order valence-electron chi connectivity index (χ3n) is 2.91. The van der Waals surface area contributed by atoms with Crippen LogP contribution in [-0.4, -0.2) is 30.5 Å². The summed E-state index contributed by atoms with van der Waals surface area (Å²) in [6, 6.07) is 15.1. The normalized spacial score (nSPS) is 10.2. The van der Waals surface area contributed by atoms with Crippen LogP contribution in [0.15, 0.2) is 62.8 Å². The molecular weight excluding hydrogens is 410 g/mol. The molecule has 0 aliphatic rings. The van der Waals surface area contributed by atoms with E-state index in [1.54, 1.807) is 11.8 Å². The molecule has 1 amide bonds. The number of carbonyl (C=O) groups is 2. The van der Waals surface area contributed by atoms with E-state index in [2.05, 4.69) is 21.2 Å². The fraction of sp³-hybridized carbons (Fsp3) is 0.176. The zero-order valence-electron chi connectivity index (χ0n) is 13.0. The van der Waals surface area contributed by atoms with E-state index in [-0.39, 0.29) is 18.3 Å². The quantitative estimate of drug-likeness (QED) is 0.524. The highest BCUT2D eigenvalue weighted by molar-refractivity contribution is 9.10. The molecule has 7 heteroatoms. The van der Waals surface area contributed by atoms with Crippen LogP contribution in [0.5, 0.6) is 0 Å². The first-order valence-corrected chi connectivity index (χ1v) is 10.0. The summed E-state index contributed by atoms with van der Waals surface area (Å²) in [7, 11) is 0. The van der Waals surface area contributed by atoms with Crippen molar-refractivity contribution < 1.29 is 14.3 Å². The van der Waals surface area contributed by atoms with Crippen molar-refractivity contribution in [2.24, 2.45) is 0 Å². The molecule has 2 aromatic carbocycles. The van der Waals surface area contributed by atoms with Gasteiger partial charge in [0.2, 0.25) is 0 Å². The van der Waals surface area contributed by atoms with Crippen molar-refractivity contribution in [2.45, 2.75) is 9.79 Å². The summed E-state index contributed by atoms with van der Waals surface area (Å²) in [5.74, 6) is -0.609. The van der Waals surface area contributed by atoms with E-state index in [0.717, 1.165) is 14.3 Å². The molecular formula is C17H16BrNO3S2. The smallest absolute Gasteiger partial charge is 0.316 e. The molecule has 0 aliphatic heterocycles. The Balaban J connectivity index is 1.70. The van der Waals surface area contributed by atoms with Gasteiger partial charge in [0.15, 0.2) is 6.61 Å². The van der Waals surface area contributed by atoms with E-state index < -0.39 is 5.97 Å². The molecule has 0 aliphatic carbocycles. The minimum absolute atomic E-state index is 0.164. The highest BCUT2D eigenvalue weighted by Gasteiger charge is 2.09. The lowest BCUT2D eigenvalue weighted by Gasteiger charge is -2.07. The topological polar surface area (TPSA) is 55.4 Å². The number of rotatable bonds is 7. The van der Waals surface area contributed by atoms with Gasteiger partial charge in [0, 0.05) is 20.0 Å². The Kier molecular flexibility index (Phi) is 7.68. The van der Waals surface area contributed by atoms with Gasteiger partial charge >= 0.3 is 5.97 Å². The van der Waals surface area contributed by atoms with Gasteiger partial charge in [0.25, 0.3) is 5.91 Å². The molecule has 0 saturated carbocycles. The summed E-state index contributed by atoms with van der Waals surface area (Å²) in [6.45, 7) is -0.288. The van der Waals surface area contributed by atoms with Crippen LogP contribution in [0.3, 0.4) is 0 Å². The zero-order valence-corrected chi connectivity index (χ0v) is 16.2. The monoisotopic (exact) mass is 425 g/mol. The van der Waals surface area contributed by atoms with Crippen molar-refractivity contribution in [3.63, 3.8) is 0 Å². The Labute approximate surface area is 157 Å². The lowest BCUT2D eigenvalue weighted by atomic mass is 10.3. The van der Waals surface area contributed by atoms with E-state index in [1.165, 1.54) is 11.8 Å². The van der Waals surface area contributed by atoms with E-state index in [1.807, 2.05) is 54.8 Å². The van der Waals surface area contributed by atoms with Gasteiger partial charge in [-0.3, -0.25) is 9.59 Å². The standard InChI is InChI=1S/C17H16BrNO3S2/c1-23-14-8-4-13(5-9-14)19-16(20)10-22-17(21)11-24-15-6-2-12(18)3-7-15/h2-9H,10-11H2,1H3,(H,19,20). The molecule has 24 heavy (non-hydrogen) atoms. The molecule has 0 aromatic heterocycles. The fourth-order valence-electron chi connectivity index (χ4n) is 1.73. The third kappa shape index (κ3) is 6.59. The maximum Gasteiger partial charge on any atom is 0.316 e. The Morgan fingerprint density at radius 1 is 1.04 bits per heavy atom. The van der Waals surface area contributed by atoms with Crippen LogP contribution < -0.4 is 5.32 Å². The van der Waals surface area contributed by atoms with Gasteiger partial charge in [0.1, 0.15) is 0 Å². The van der Waals surface area contributed by atoms with Crippen LogP contribution in [0.2, 0.25) is 0 Å². The molecule has 2 rings (SSSR count). The number of halogens is 1. The van der Waals surface area contributed by atoms with E-state index >= 15 is 0 Å². The van der Waals surface area contributed by atoms with Gasteiger partial charge in [-0.2, -0.15) is 0 Å². The second-order valence-electron chi connectivity index (χ2n) is 4.68. The Hall–Kier alpha value is -1.44. The molecule has 0 unspecified atom stereocenters. The van der Waals surface area contributed by atoms with Crippen LogP contribution in [0.25, 0.3) is 0 Å². The molecule has 0 saturated heterocycles. The maximum atomic E-state index is 11.8. The van der Waals surface area contributed by atoms with Crippen molar-refractivity contribution in [1.29, 1.82) is 0 Å². The van der Waals surface area contributed by atoms with Gasteiger partial charge in [-0.15, -0.1) is 23.5 Å². The van der Waals surface area contributed by atoms with Crippen molar-refractivity contribution in [3.8, 4) is 0 Å². The second-order valence-corrected chi connectivity index (χ2v) is 7.52. The van der Waals surface area contributed by atoms with E-state index in [0.29, 0.717) is 5.69 Å². The number of ether oxygens (including phenoxy) is 1. The summed E-state index contributed by atoms with van der Waals surface area (Å²) < 4.78 is 5.96. The lowest BCUT2D eigenvalue weighted by molar-refractivity contribution is -0.144. The number of amides is 1. The Morgan fingerprint density at radius 2 is 1.67 bits per heavy atom. The Bertz CT molecular complexity index is 690. The predicted molar refractivity (Wildman–Crippen MR) is 103 cm³/mol. The molecule has 0 bridgehead atoms. The molecule has 0 spiro atoms. The first kappa shape index (κ1) is 18.9. The number of anilines is 1. The summed E-state index contributed by atoms with van der Waals surface area (Å²) in [5.41, 5.74) is 0.679. The van der Waals surface area contributed by atoms with Gasteiger partial charge in [-0.1, -0.05) is 15.9 Å². The number of hydrogen-bond donors (Lipinski definition) is 1. The maximum absolute atomic E-state index is 11.8. The average molecular weight is 426 g/mol.